The van der Waals surface area contributed by atoms with E-state index in [1.807, 2.05) is 13.0 Å². The smallest absolute Gasteiger partial charge is 0.251 e. The highest BCUT2D eigenvalue weighted by atomic mass is 16.2. The summed E-state index contributed by atoms with van der Waals surface area (Å²) in [7, 11) is 0. The highest BCUT2D eigenvalue weighted by Crippen LogP contribution is 2.12. The van der Waals surface area contributed by atoms with Gasteiger partial charge in [0, 0.05) is 17.8 Å². The molecule has 0 aliphatic carbocycles. The van der Waals surface area contributed by atoms with Crippen LogP contribution in [-0.4, -0.2) is 42.9 Å². The van der Waals surface area contributed by atoms with Crippen molar-refractivity contribution in [3.63, 3.8) is 0 Å². The zero-order chi connectivity index (χ0) is 15.8. The van der Waals surface area contributed by atoms with Crippen LogP contribution in [0, 0.1) is 0 Å². The van der Waals surface area contributed by atoms with Crippen LogP contribution in [0.25, 0.3) is 0 Å². The molecule has 5 heteroatoms. The van der Waals surface area contributed by atoms with Crippen molar-refractivity contribution in [2.45, 2.75) is 32.6 Å². The molecule has 2 rings (SSSR count). The van der Waals surface area contributed by atoms with E-state index in [-0.39, 0.29) is 11.8 Å². The van der Waals surface area contributed by atoms with Gasteiger partial charge in [-0.25, -0.2) is 0 Å². The van der Waals surface area contributed by atoms with Crippen molar-refractivity contribution < 1.29 is 9.59 Å². The number of benzene rings is 1. The molecule has 0 unspecified atom stereocenters. The quantitative estimate of drug-likeness (QED) is 0.877. The van der Waals surface area contributed by atoms with Crippen molar-refractivity contribution >= 4 is 17.5 Å². The molecule has 2 N–H and O–H groups in total. The number of rotatable bonds is 5. The Kier molecular flexibility index (Phi) is 6.40. The highest BCUT2D eigenvalue weighted by molar-refractivity contribution is 5.97. The van der Waals surface area contributed by atoms with Gasteiger partial charge in [0.15, 0.2) is 0 Å². The summed E-state index contributed by atoms with van der Waals surface area (Å²) in [5.41, 5.74) is 1.23. The van der Waals surface area contributed by atoms with Crippen LogP contribution in [0.3, 0.4) is 0 Å². The predicted octanol–water partition coefficient (Wildman–Crippen LogP) is 2.25. The molecule has 1 fully saturated rings. The molecule has 0 atom stereocenters. The van der Waals surface area contributed by atoms with Crippen molar-refractivity contribution in [3.8, 4) is 0 Å². The van der Waals surface area contributed by atoms with E-state index in [9.17, 15) is 9.59 Å². The molecule has 0 bridgehead atoms. The summed E-state index contributed by atoms with van der Waals surface area (Å²) in [5.74, 6) is -0.138. The molecular formula is C17H25N3O2. The standard InChI is InChI=1S/C17H25N3O2/c1-2-18-17(22)14-8-7-9-15(12-14)19-16(21)13-20-10-5-3-4-6-11-20/h7-9,12H,2-6,10-11,13H2,1H3,(H,18,22)(H,19,21). The summed E-state index contributed by atoms with van der Waals surface area (Å²) >= 11 is 0. The Morgan fingerprint density at radius 1 is 1.14 bits per heavy atom. The number of hydrogen-bond acceptors (Lipinski definition) is 3. The maximum atomic E-state index is 12.1. The van der Waals surface area contributed by atoms with Gasteiger partial charge < -0.3 is 10.6 Å². The molecule has 1 aromatic carbocycles. The monoisotopic (exact) mass is 303 g/mol. The van der Waals surface area contributed by atoms with Crippen LogP contribution in [0.1, 0.15) is 43.0 Å². The first-order valence-electron chi connectivity index (χ1n) is 8.09. The van der Waals surface area contributed by atoms with Crippen LogP contribution in [0.4, 0.5) is 5.69 Å². The first-order chi connectivity index (χ1) is 10.7. The fourth-order valence-electron chi connectivity index (χ4n) is 2.70. The number of amides is 2. The molecule has 22 heavy (non-hydrogen) atoms. The summed E-state index contributed by atoms with van der Waals surface area (Å²) in [6.45, 7) is 4.87. The third-order valence-corrected chi connectivity index (χ3v) is 3.81. The van der Waals surface area contributed by atoms with Gasteiger partial charge in [-0.2, -0.15) is 0 Å². The third-order valence-electron chi connectivity index (χ3n) is 3.81. The third kappa shape index (κ3) is 5.15. The van der Waals surface area contributed by atoms with Crippen molar-refractivity contribution in [2.75, 3.05) is 31.5 Å². The highest BCUT2D eigenvalue weighted by Gasteiger charge is 2.13. The van der Waals surface area contributed by atoms with E-state index in [1.165, 1.54) is 25.7 Å². The minimum atomic E-state index is -0.119. The summed E-state index contributed by atoms with van der Waals surface area (Å²) in [4.78, 5) is 26.2. The Labute approximate surface area is 132 Å². The SMILES string of the molecule is CCNC(=O)c1cccc(NC(=O)CN2CCCCCC2)c1. The van der Waals surface area contributed by atoms with Crippen LogP contribution in [0.2, 0.25) is 0 Å². The first kappa shape index (κ1) is 16.5. The summed E-state index contributed by atoms with van der Waals surface area (Å²) in [6.07, 6.45) is 4.85. The normalized spacial score (nSPS) is 15.9. The fraction of sp³-hybridized carbons (Fsp3) is 0.529. The van der Waals surface area contributed by atoms with Gasteiger partial charge in [-0.15, -0.1) is 0 Å². The van der Waals surface area contributed by atoms with E-state index in [4.69, 9.17) is 0 Å². The number of carbonyl (C=O) groups is 2. The summed E-state index contributed by atoms with van der Waals surface area (Å²) < 4.78 is 0. The molecule has 1 aliphatic heterocycles. The van der Waals surface area contributed by atoms with Crippen molar-refractivity contribution in [1.29, 1.82) is 0 Å². The van der Waals surface area contributed by atoms with E-state index in [1.54, 1.807) is 18.2 Å². The zero-order valence-electron chi connectivity index (χ0n) is 13.2. The van der Waals surface area contributed by atoms with Gasteiger partial charge >= 0.3 is 0 Å². The Balaban J connectivity index is 1.90. The van der Waals surface area contributed by atoms with E-state index in [0.29, 0.717) is 24.3 Å². The lowest BCUT2D eigenvalue weighted by molar-refractivity contribution is -0.117. The number of anilines is 1. The summed E-state index contributed by atoms with van der Waals surface area (Å²) in [5, 5.41) is 5.64. The average Bonchev–Trinajstić information content (AvgIpc) is 2.76. The minimum absolute atomic E-state index is 0.0186. The second-order valence-corrected chi connectivity index (χ2v) is 5.68. The van der Waals surface area contributed by atoms with Crippen LogP contribution in [0.15, 0.2) is 24.3 Å². The number of likely N-dealkylation sites (tertiary alicyclic amines) is 1. The maximum absolute atomic E-state index is 12.1. The van der Waals surface area contributed by atoms with Crippen LogP contribution in [0.5, 0.6) is 0 Å². The van der Waals surface area contributed by atoms with E-state index in [2.05, 4.69) is 15.5 Å². The predicted molar refractivity (Wildman–Crippen MR) is 88.0 cm³/mol. The molecule has 1 heterocycles. The molecule has 120 valence electrons. The number of carbonyl (C=O) groups excluding carboxylic acids is 2. The Morgan fingerprint density at radius 3 is 2.55 bits per heavy atom. The number of nitrogens with one attached hydrogen (secondary N) is 2. The van der Waals surface area contributed by atoms with Crippen LogP contribution in [-0.2, 0) is 4.79 Å². The zero-order valence-corrected chi connectivity index (χ0v) is 13.2. The lowest BCUT2D eigenvalue weighted by atomic mass is 10.2. The van der Waals surface area contributed by atoms with Crippen LogP contribution >= 0.6 is 0 Å². The van der Waals surface area contributed by atoms with Gasteiger partial charge in [0.05, 0.1) is 6.54 Å². The second-order valence-electron chi connectivity index (χ2n) is 5.68. The Bertz CT molecular complexity index is 508. The van der Waals surface area contributed by atoms with Crippen molar-refractivity contribution in [3.05, 3.63) is 29.8 Å². The van der Waals surface area contributed by atoms with Gasteiger partial charge in [-0.1, -0.05) is 18.9 Å². The van der Waals surface area contributed by atoms with Gasteiger partial charge in [-0.3, -0.25) is 14.5 Å². The summed E-state index contributed by atoms with van der Waals surface area (Å²) in [6, 6.07) is 7.05. The molecule has 0 aromatic heterocycles. The van der Waals surface area contributed by atoms with E-state index in [0.717, 1.165) is 13.1 Å². The van der Waals surface area contributed by atoms with Gasteiger partial charge in [-0.05, 0) is 51.1 Å². The van der Waals surface area contributed by atoms with Crippen molar-refractivity contribution in [1.82, 2.24) is 10.2 Å². The molecule has 2 amide bonds. The number of hydrogen-bond donors (Lipinski definition) is 2. The molecule has 5 nitrogen and oxygen atoms in total. The van der Waals surface area contributed by atoms with Crippen molar-refractivity contribution in [2.24, 2.45) is 0 Å². The average molecular weight is 303 g/mol. The Hall–Kier alpha value is -1.88. The number of nitrogens with zero attached hydrogens (tertiary/aromatic N) is 1. The lowest BCUT2D eigenvalue weighted by Crippen LogP contribution is -2.34. The largest absolute Gasteiger partial charge is 0.352 e. The van der Waals surface area contributed by atoms with E-state index >= 15 is 0 Å². The fourth-order valence-corrected chi connectivity index (χ4v) is 2.70. The second kappa shape index (κ2) is 8.54. The van der Waals surface area contributed by atoms with Gasteiger partial charge in [0.2, 0.25) is 5.91 Å². The molecule has 0 radical (unpaired) electrons. The molecule has 0 spiro atoms. The first-order valence-corrected chi connectivity index (χ1v) is 8.09. The molecule has 1 aliphatic rings. The molecule has 1 aromatic rings. The minimum Gasteiger partial charge on any atom is -0.352 e. The molecule has 0 saturated carbocycles. The Morgan fingerprint density at radius 2 is 1.86 bits per heavy atom. The lowest BCUT2D eigenvalue weighted by Gasteiger charge is -2.19. The molecular weight excluding hydrogens is 278 g/mol. The van der Waals surface area contributed by atoms with Gasteiger partial charge in [0.25, 0.3) is 5.91 Å². The van der Waals surface area contributed by atoms with E-state index < -0.39 is 0 Å². The van der Waals surface area contributed by atoms with Gasteiger partial charge in [0.1, 0.15) is 0 Å². The van der Waals surface area contributed by atoms with Crippen LogP contribution < -0.4 is 10.6 Å². The maximum Gasteiger partial charge on any atom is 0.251 e. The molecule has 1 saturated heterocycles. The topological polar surface area (TPSA) is 61.4 Å².